The molecule has 1 amide bonds. The van der Waals surface area contributed by atoms with Gasteiger partial charge in [-0.2, -0.15) is 0 Å². The number of anilines is 2. The fourth-order valence-corrected chi connectivity index (χ4v) is 2.79. The van der Waals surface area contributed by atoms with Gasteiger partial charge in [0, 0.05) is 27.2 Å². The maximum Gasteiger partial charge on any atom is 0.255 e. The normalized spacial score (nSPS) is 10.1. The van der Waals surface area contributed by atoms with Gasteiger partial charge in [-0.15, -0.1) is 0 Å². The van der Waals surface area contributed by atoms with Crippen LogP contribution in [0.5, 0.6) is 0 Å². The lowest BCUT2D eigenvalue weighted by molar-refractivity contribution is 0.102. The molecule has 0 aromatic heterocycles. The van der Waals surface area contributed by atoms with Crippen molar-refractivity contribution in [3.63, 3.8) is 0 Å². The Labute approximate surface area is 128 Å². The molecular formula is C14H12Br2N2O. The van der Waals surface area contributed by atoms with Crippen LogP contribution in [-0.2, 0) is 0 Å². The van der Waals surface area contributed by atoms with Gasteiger partial charge in [0.2, 0.25) is 0 Å². The summed E-state index contributed by atoms with van der Waals surface area (Å²) in [7, 11) is 1.84. The van der Waals surface area contributed by atoms with Crippen LogP contribution in [0.15, 0.2) is 51.4 Å². The number of carbonyl (C=O) groups is 1. The lowest BCUT2D eigenvalue weighted by atomic mass is 10.2. The van der Waals surface area contributed by atoms with Crippen molar-refractivity contribution in [3.05, 3.63) is 57.0 Å². The number of benzene rings is 2. The van der Waals surface area contributed by atoms with E-state index in [-0.39, 0.29) is 5.91 Å². The van der Waals surface area contributed by atoms with Crippen LogP contribution in [0.3, 0.4) is 0 Å². The van der Waals surface area contributed by atoms with E-state index < -0.39 is 0 Å². The van der Waals surface area contributed by atoms with Crippen LogP contribution in [-0.4, -0.2) is 13.0 Å². The van der Waals surface area contributed by atoms with Crippen LogP contribution in [0.4, 0.5) is 11.4 Å². The summed E-state index contributed by atoms with van der Waals surface area (Å²) in [5, 5.41) is 5.89. The van der Waals surface area contributed by atoms with Crippen molar-refractivity contribution in [3.8, 4) is 0 Å². The Hall–Kier alpha value is -1.33. The summed E-state index contributed by atoms with van der Waals surface area (Å²) in [6.45, 7) is 0. The molecule has 0 aliphatic heterocycles. The molecule has 2 aromatic rings. The van der Waals surface area contributed by atoms with E-state index in [4.69, 9.17) is 0 Å². The summed E-state index contributed by atoms with van der Waals surface area (Å²) in [5.74, 6) is -0.143. The first-order valence-electron chi connectivity index (χ1n) is 5.65. The highest BCUT2D eigenvalue weighted by Crippen LogP contribution is 2.30. The molecule has 0 spiro atoms. The lowest BCUT2D eigenvalue weighted by Crippen LogP contribution is -2.12. The number of amides is 1. The third kappa shape index (κ3) is 3.36. The maximum absolute atomic E-state index is 12.1. The molecule has 0 bridgehead atoms. The molecule has 0 saturated heterocycles. The van der Waals surface area contributed by atoms with Crippen LogP contribution in [0, 0.1) is 0 Å². The van der Waals surface area contributed by atoms with Gasteiger partial charge in [-0.25, -0.2) is 0 Å². The molecule has 0 fully saturated rings. The Morgan fingerprint density at radius 3 is 2.11 bits per heavy atom. The summed E-state index contributed by atoms with van der Waals surface area (Å²) in [4.78, 5) is 12.1. The number of halogens is 2. The van der Waals surface area contributed by atoms with Crippen molar-refractivity contribution in [2.75, 3.05) is 17.7 Å². The first-order valence-corrected chi connectivity index (χ1v) is 7.23. The first-order chi connectivity index (χ1) is 9.11. The summed E-state index contributed by atoms with van der Waals surface area (Å²) in [6.07, 6.45) is 0. The molecule has 0 aliphatic carbocycles. The van der Waals surface area contributed by atoms with Crippen molar-refractivity contribution >= 4 is 49.1 Å². The zero-order chi connectivity index (χ0) is 13.8. The summed E-state index contributed by atoms with van der Waals surface area (Å²) >= 11 is 6.83. The van der Waals surface area contributed by atoms with Crippen molar-refractivity contribution < 1.29 is 4.79 Å². The first kappa shape index (κ1) is 14.1. The Balaban J connectivity index is 2.20. The second-order valence-electron chi connectivity index (χ2n) is 3.88. The third-order valence-electron chi connectivity index (χ3n) is 2.64. The Bertz CT molecular complexity index is 577. The molecule has 0 unspecified atom stereocenters. The third-order valence-corrected chi connectivity index (χ3v) is 3.96. The van der Waals surface area contributed by atoms with Gasteiger partial charge in [0.05, 0.1) is 5.69 Å². The van der Waals surface area contributed by atoms with E-state index in [1.165, 1.54) is 0 Å². The van der Waals surface area contributed by atoms with E-state index in [9.17, 15) is 4.79 Å². The number of nitrogens with one attached hydrogen (secondary N) is 2. The van der Waals surface area contributed by atoms with Gasteiger partial charge in [-0.05, 0) is 68.3 Å². The van der Waals surface area contributed by atoms with Gasteiger partial charge in [0.25, 0.3) is 5.91 Å². The zero-order valence-electron chi connectivity index (χ0n) is 10.2. The molecule has 5 heteroatoms. The molecule has 2 rings (SSSR count). The monoisotopic (exact) mass is 382 g/mol. The fraction of sp³-hybridized carbons (Fsp3) is 0.0714. The van der Waals surface area contributed by atoms with E-state index in [1.807, 2.05) is 37.4 Å². The van der Waals surface area contributed by atoms with Crippen LogP contribution in [0.2, 0.25) is 0 Å². The van der Waals surface area contributed by atoms with Crippen LogP contribution in [0.25, 0.3) is 0 Å². The number of rotatable bonds is 3. The van der Waals surface area contributed by atoms with Gasteiger partial charge in [0.15, 0.2) is 0 Å². The Kier molecular flexibility index (Phi) is 4.61. The second kappa shape index (κ2) is 6.21. The van der Waals surface area contributed by atoms with Crippen molar-refractivity contribution in [1.82, 2.24) is 0 Å². The number of carbonyl (C=O) groups excluding carboxylic acids is 1. The molecule has 0 saturated carbocycles. The van der Waals surface area contributed by atoms with Crippen LogP contribution < -0.4 is 10.6 Å². The summed E-state index contributed by atoms with van der Waals surface area (Å²) < 4.78 is 1.67. The lowest BCUT2D eigenvalue weighted by Gasteiger charge is -2.10. The van der Waals surface area contributed by atoms with Gasteiger partial charge >= 0.3 is 0 Å². The van der Waals surface area contributed by atoms with E-state index in [0.29, 0.717) is 5.56 Å². The SMILES string of the molecule is CNc1ccc(C(=O)Nc2c(Br)cccc2Br)cc1. The van der Waals surface area contributed by atoms with Crippen LogP contribution in [0.1, 0.15) is 10.4 Å². The minimum Gasteiger partial charge on any atom is -0.388 e. The fourth-order valence-electron chi connectivity index (χ4n) is 1.59. The molecule has 3 nitrogen and oxygen atoms in total. The maximum atomic E-state index is 12.1. The highest BCUT2D eigenvalue weighted by molar-refractivity contribution is 9.11. The van der Waals surface area contributed by atoms with Crippen molar-refractivity contribution in [2.24, 2.45) is 0 Å². The average molecular weight is 384 g/mol. The second-order valence-corrected chi connectivity index (χ2v) is 5.59. The van der Waals surface area contributed by atoms with Gasteiger partial charge in [0.1, 0.15) is 0 Å². The van der Waals surface area contributed by atoms with E-state index in [1.54, 1.807) is 12.1 Å². The van der Waals surface area contributed by atoms with Gasteiger partial charge < -0.3 is 10.6 Å². The molecule has 0 atom stereocenters. The predicted octanol–water partition coefficient (Wildman–Crippen LogP) is 4.51. The van der Waals surface area contributed by atoms with Crippen molar-refractivity contribution in [1.29, 1.82) is 0 Å². The molecule has 0 radical (unpaired) electrons. The quantitative estimate of drug-likeness (QED) is 0.818. The molecule has 2 N–H and O–H groups in total. The van der Waals surface area contributed by atoms with Crippen LogP contribution >= 0.6 is 31.9 Å². The van der Waals surface area contributed by atoms with E-state index in [0.717, 1.165) is 20.3 Å². The summed E-state index contributed by atoms with van der Waals surface area (Å²) in [6, 6.07) is 13.0. The Morgan fingerprint density at radius 2 is 1.58 bits per heavy atom. The molecular weight excluding hydrogens is 372 g/mol. The van der Waals surface area contributed by atoms with E-state index in [2.05, 4.69) is 42.5 Å². The molecule has 0 heterocycles. The molecule has 98 valence electrons. The average Bonchev–Trinajstić information content (AvgIpc) is 2.43. The van der Waals surface area contributed by atoms with Crippen molar-refractivity contribution in [2.45, 2.75) is 0 Å². The van der Waals surface area contributed by atoms with Gasteiger partial charge in [-0.1, -0.05) is 6.07 Å². The number of para-hydroxylation sites is 1. The minimum atomic E-state index is -0.143. The van der Waals surface area contributed by atoms with Gasteiger partial charge in [-0.3, -0.25) is 4.79 Å². The highest BCUT2D eigenvalue weighted by Gasteiger charge is 2.10. The smallest absolute Gasteiger partial charge is 0.255 e. The Morgan fingerprint density at radius 1 is 1.00 bits per heavy atom. The van der Waals surface area contributed by atoms with E-state index >= 15 is 0 Å². The zero-order valence-corrected chi connectivity index (χ0v) is 13.4. The standard InChI is InChI=1S/C14H12Br2N2O/c1-17-10-7-5-9(6-8-10)14(19)18-13-11(15)3-2-4-12(13)16/h2-8,17H,1H3,(H,18,19). The predicted molar refractivity (Wildman–Crippen MR) is 85.8 cm³/mol. The molecule has 19 heavy (non-hydrogen) atoms. The molecule has 2 aromatic carbocycles. The minimum absolute atomic E-state index is 0.143. The largest absolute Gasteiger partial charge is 0.388 e. The summed E-state index contributed by atoms with van der Waals surface area (Å²) in [5.41, 5.74) is 2.31. The number of hydrogen-bond acceptors (Lipinski definition) is 2. The topological polar surface area (TPSA) is 41.1 Å². The molecule has 0 aliphatic rings. The number of hydrogen-bond donors (Lipinski definition) is 2. The highest BCUT2D eigenvalue weighted by atomic mass is 79.9.